The SMILES string of the molecule is Nc1nc(C(F)(F)F)nc(-c2ccc(C[SH](=O)=O)cc2)c1-c1ccc(CCS(=O)(=O)NO)cc1. The summed E-state index contributed by atoms with van der Waals surface area (Å²) in [5.74, 6) is -2.43. The van der Waals surface area contributed by atoms with Gasteiger partial charge in [-0.25, -0.2) is 26.8 Å². The van der Waals surface area contributed by atoms with Gasteiger partial charge in [-0.2, -0.15) is 13.2 Å². The number of rotatable bonds is 8. The quantitative estimate of drug-likeness (QED) is 0.263. The van der Waals surface area contributed by atoms with Gasteiger partial charge in [0.05, 0.1) is 22.8 Å². The third-order valence-corrected chi connectivity index (χ3v) is 6.41. The molecular formula is C20H19F3N4O5S2. The summed E-state index contributed by atoms with van der Waals surface area (Å²) in [5.41, 5.74) is 7.64. The van der Waals surface area contributed by atoms with Crippen LogP contribution in [0.3, 0.4) is 0 Å². The van der Waals surface area contributed by atoms with Crippen molar-refractivity contribution in [2.75, 3.05) is 11.5 Å². The number of benzene rings is 2. The van der Waals surface area contributed by atoms with Crippen LogP contribution in [0, 0.1) is 0 Å². The first-order valence-corrected chi connectivity index (χ1v) is 12.6. The van der Waals surface area contributed by atoms with E-state index in [0.29, 0.717) is 16.7 Å². The van der Waals surface area contributed by atoms with Crippen molar-refractivity contribution in [2.24, 2.45) is 0 Å². The van der Waals surface area contributed by atoms with Crippen LogP contribution in [0.4, 0.5) is 19.0 Å². The number of nitrogens with zero attached hydrogens (tertiary/aromatic N) is 2. The number of aromatic nitrogens is 2. The summed E-state index contributed by atoms with van der Waals surface area (Å²) in [7, 11) is -6.51. The highest BCUT2D eigenvalue weighted by Gasteiger charge is 2.36. The van der Waals surface area contributed by atoms with Crippen LogP contribution in [-0.4, -0.2) is 37.8 Å². The number of hydrogen-bond donors (Lipinski definition) is 4. The molecule has 0 saturated heterocycles. The lowest BCUT2D eigenvalue weighted by Crippen LogP contribution is -2.23. The molecule has 0 aliphatic heterocycles. The van der Waals surface area contributed by atoms with Gasteiger partial charge in [0.2, 0.25) is 15.8 Å². The molecule has 3 rings (SSSR count). The molecule has 0 atom stereocenters. The molecule has 14 heteroatoms. The van der Waals surface area contributed by atoms with Crippen LogP contribution in [0.25, 0.3) is 22.4 Å². The maximum atomic E-state index is 13.3. The van der Waals surface area contributed by atoms with Gasteiger partial charge < -0.3 is 10.9 Å². The zero-order valence-electron chi connectivity index (χ0n) is 17.3. The molecule has 0 aliphatic rings. The molecule has 182 valence electrons. The molecule has 4 N–H and O–H groups in total. The van der Waals surface area contributed by atoms with Gasteiger partial charge in [0.15, 0.2) is 0 Å². The predicted octanol–water partition coefficient (Wildman–Crippen LogP) is 2.37. The number of halogens is 3. The number of nitrogens with two attached hydrogens (primary N) is 1. The summed E-state index contributed by atoms with van der Waals surface area (Å²) in [6.07, 6.45) is -4.77. The van der Waals surface area contributed by atoms with Crippen LogP contribution in [0.2, 0.25) is 0 Å². The van der Waals surface area contributed by atoms with Gasteiger partial charge in [0.1, 0.15) is 16.5 Å². The Balaban J connectivity index is 2.06. The molecule has 3 aromatic rings. The number of thiol groups is 1. The second-order valence-corrected chi connectivity index (χ2v) is 10.0. The first-order valence-electron chi connectivity index (χ1n) is 9.58. The normalized spacial score (nSPS) is 12.3. The fourth-order valence-corrected chi connectivity index (χ4v) is 4.26. The highest BCUT2D eigenvalue weighted by Crippen LogP contribution is 2.38. The molecule has 0 spiro atoms. The van der Waals surface area contributed by atoms with Crippen molar-refractivity contribution in [3.8, 4) is 22.4 Å². The lowest BCUT2D eigenvalue weighted by atomic mass is 9.97. The minimum atomic E-state index is -4.85. The van der Waals surface area contributed by atoms with Crippen molar-refractivity contribution in [3.05, 3.63) is 65.5 Å². The summed E-state index contributed by atoms with van der Waals surface area (Å²) in [6, 6.07) is 12.0. The number of nitrogens with one attached hydrogen (secondary N) is 1. The van der Waals surface area contributed by atoms with Crippen LogP contribution in [0.1, 0.15) is 17.0 Å². The van der Waals surface area contributed by atoms with E-state index in [1.807, 2.05) is 0 Å². The van der Waals surface area contributed by atoms with Crippen LogP contribution >= 0.6 is 0 Å². The Morgan fingerprint density at radius 2 is 1.50 bits per heavy atom. The zero-order valence-corrected chi connectivity index (χ0v) is 19.0. The molecule has 0 fully saturated rings. The van der Waals surface area contributed by atoms with Crippen LogP contribution in [0.15, 0.2) is 48.5 Å². The number of anilines is 1. The summed E-state index contributed by atoms with van der Waals surface area (Å²) < 4.78 is 84.7. The Morgan fingerprint density at radius 1 is 0.941 bits per heavy atom. The predicted molar refractivity (Wildman–Crippen MR) is 119 cm³/mol. The van der Waals surface area contributed by atoms with E-state index < -0.39 is 38.5 Å². The largest absolute Gasteiger partial charge is 0.451 e. The molecule has 0 aliphatic carbocycles. The number of alkyl halides is 3. The minimum absolute atomic E-state index is 0.0749. The highest BCUT2D eigenvalue weighted by molar-refractivity contribution is 7.89. The van der Waals surface area contributed by atoms with Crippen molar-refractivity contribution in [2.45, 2.75) is 18.3 Å². The summed E-state index contributed by atoms with van der Waals surface area (Å²) in [4.78, 5) is 8.33. The monoisotopic (exact) mass is 516 g/mol. The second kappa shape index (κ2) is 10.0. The van der Waals surface area contributed by atoms with Crippen LogP contribution in [-0.2, 0) is 39.1 Å². The van der Waals surface area contributed by atoms with E-state index >= 15 is 0 Å². The fourth-order valence-electron chi connectivity index (χ4n) is 3.15. The van der Waals surface area contributed by atoms with Crippen molar-refractivity contribution < 1.29 is 35.2 Å². The Bertz CT molecular complexity index is 1350. The molecule has 34 heavy (non-hydrogen) atoms. The third-order valence-electron chi connectivity index (χ3n) is 4.77. The molecule has 0 amide bonds. The van der Waals surface area contributed by atoms with Gasteiger partial charge in [-0.1, -0.05) is 53.4 Å². The standard InChI is InChI=1S/C20H19F3N4O5S2/c21-20(22,23)19-25-17(15-7-3-13(4-8-15)11-33(29)30)16(18(24)26-19)14-5-1-12(2-6-14)9-10-34(31,32)27-28/h1-8,27-28,33H,9-11H2,(H2,24,25,26). The van der Waals surface area contributed by atoms with Crippen LogP contribution < -0.4 is 10.6 Å². The fraction of sp³-hybridized carbons (Fsp3) is 0.200. The average molecular weight is 517 g/mol. The van der Waals surface area contributed by atoms with E-state index in [1.165, 1.54) is 41.3 Å². The third kappa shape index (κ3) is 6.28. The van der Waals surface area contributed by atoms with Gasteiger partial charge in [-0.3, -0.25) is 0 Å². The lowest BCUT2D eigenvalue weighted by molar-refractivity contribution is -0.144. The second-order valence-electron chi connectivity index (χ2n) is 7.20. The molecule has 2 aromatic carbocycles. The van der Waals surface area contributed by atoms with Gasteiger partial charge >= 0.3 is 6.18 Å². The minimum Gasteiger partial charge on any atom is -0.383 e. The average Bonchev–Trinajstić information content (AvgIpc) is 2.77. The lowest BCUT2D eigenvalue weighted by Gasteiger charge is -2.15. The van der Waals surface area contributed by atoms with E-state index in [4.69, 9.17) is 10.9 Å². The van der Waals surface area contributed by atoms with Crippen molar-refractivity contribution in [1.29, 1.82) is 0 Å². The summed E-state index contributed by atoms with van der Waals surface area (Å²) >= 11 is 0. The van der Waals surface area contributed by atoms with E-state index in [2.05, 4.69) is 9.97 Å². The number of aryl methyl sites for hydroxylation is 1. The van der Waals surface area contributed by atoms with E-state index in [-0.39, 0.29) is 34.7 Å². The smallest absolute Gasteiger partial charge is 0.383 e. The Labute approximate surface area is 194 Å². The Morgan fingerprint density at radius 3 is 2.03 bits per heavy atom. The Hall–Kier alpha value is -3.07. The first-order chi connectivity index (χ1) is 15.9. The van der Waals surface area contributed by atoms with Crippen molar-refractivity contribution in [3.63, 3.8) is 0 Å². The van der Waals surface area contributed by atoms with Gasteiger partial charge in [-0.15, -0.1) is 0 Å². The maximum absolute atomic E-state index is 13.3. The molecule has 0 radical (unpaired) electrons. The van der Waals surface area contributed by atoms with E-state index in [0.717, 1.165) is 0 Å². The van der Waals surface area contributed by atoms with Gasteiger partial charge in [0.25, 0.3) is 0 Å². The first kappa shape index (κ1) is 25.6. The topological polar surface area (TPSA) is 152 Å². The molecule has 1 heterocycles. The molecule has 9 nitrogen and oxygen atoms in total. The number of nitrogen functional groups attached to an aromatic ring is 1. The van der Waals surface area contributed by atoms with Crippen molar-refractivity contribution in [1.82, 2.24) is 14.9 Å². The van der Waals surface area contributed by atoms with Gasteiger partial charge in [-0.05, 0) is 23.1 Å². The summed E-state index contributed by atoms with van der Waals surface area (Å²) in [5, 5.41) is 8.60. The number of sulfonamides is 1. The summed E-state index contributed by atoms with van der Waals surface area (Å²) in [6.45, 7) is 0. The van der Waals surface area contributed by atoms with E-state index in [9.17, 15) is 30.0 Å². The zero-order chi connectivity index (χ0) is 25.1. The number of hydrogen-bond acceptors (Lipinski definition) is 8. The molecular weight excluding hydrogens is 497 g/mol. The van der Waals surface area contributed by atoms with Crippen molar-refractivity contribution >= 4 is 26.5 Å². The molecule has 1 aromatic heterocycles. The maximum Gasteiger partial charge on any atom is 0.451 e. The van der Waals surface area contributed by atoms with Gasteiger partial charge in [0, 0.05) is 5.56 Å². The molecule has 0 bridgehead atoms. The highest BCUT2D eigenvalue weighted by atomic mass is 32.2. The molecule has 0 saturated carbocycles. The van der Waals surface area contributed by atoms with Crippen LogP contribution in [0.5, 0.6) is 0 Å². The van der Waals surface area contributed by atoms with E-state index in [1.54, 1.807) is 12.1 Å². The molecule has 0 unspecified atom stereocenters. The Kier molecular flexibility index (Phi) is 7.55.